The van der Waals surface area contributed by atoms with E-state index in [0.29, 0.717) is 24.7 Å². The van der Waals surface area contributed by atoms with E-state index in [1.54, 1.807) is 6.07 Å². The largest absolute Gasteiger partial charge is 0.486 e. The molecule has 1 N–H and O–H groups in total. The zero-order valence-electron chi connectivity index (χ0n) is 15.1. The van der Waals surface area contributed by atoms with Gasteiger partial charge < -0.3 is 19.5 Å². The third-order valence-electron chi connectivity index (χ3n) is 4.20. The Balaban J connectivity index is 1.79. The van der Waals surface area contributed by atoms with Crippen molar-refractivity contribution in [3.63, 3.8) is 0 Å². The number of ether oxygens (including phenoxy) is 3. The number of nitrogens with one attached hydrogen (secondary N) is 1. The lowest BCUT2D eigenvalue weighted by atomic mass is 9.95. The summed E-state index contributed by atoms with van der Waals surface area (Å²) in [6, 6.07) is 11.0. The third-order valence-corrected chi connectivity index (χ3v) is 4.20. The fourth-order valence-corrected chi connectivity index (χ4v) is 2.93. The van der Waals surface area contributed by atoms with Gasteiger partial charge in [0.15, 0.2) is 11.5 Å². The van der Waals surface area contributed by atoms with Crippen molar-refractivity contribution in [3.8, 4) is 17.2 Å². The van der Waals surface area contributed by atoms with Gasteiger partial charge in [0.1, 0.15) is 19.0 Å². The Morgan fingerprint density at radius 2 is 1.81 bits per heavy atom. The van der Waals surface area contributed by atoms with Crippen molar-refractivity contribution in [2.24, 2.45) is 5.92 Å². The van der Waals surface area contributed by atoms with E-state index >= 15 is 0 Å². The summed E-state index contributed by atoms with van der Waals surface area (Å²) in [4.78, 5) is 12.6. The SMILES string of the molecule is CC(C)C(NC(=O)c1cccc(OC(F)F)c1)c1ccc2c(c1)OCCO2. The summed E-state index contributed by atoms with van der Waals surface area (Å²) in [5.74, 6) is 0.986. The second-order valence-electron chi connectivity index (χ2n) is 6.50. The summed E-state index contributed by atoms with van der Waals surface area (Å²) in [6.45, 7) is 2.01. The van der Waals surface area contributed by atoms with Crippen molar-refractivity contribution in [2.45, 2.75) is 26.5 Å². The molecule has 0 fully saturated rings. The van der Waals surface area contributed by atoms with Gasteiger partial charge in [-0.1, -0.05) is 26.0 Å². The van der Waals surface area contributed by atoms with E-state index in [-0.39, 0.29) is 29.2 Å². The predicted molar refractivity (Wildman–Crippen MR) is 95.6 cm³/mol. The normalized spacial score (nSPS) is 14.1. The van der Waals surface area contributed by atoms with Crippen LogP contribution in [0.25, 0.3) is 0 Å². The van der Waals surface area contributed by atoms with Gasteiger partial charge in [0.05, 0.1) is 6.04 Å². The lowest BCUT2D eigenvalue weighted by Gasteiger charge is -2.25. The molecule has 1 aliphatic heterocycles. The average Bonchev–Trinajstić information content (AvgIpc) is 2.65. The maximum atomic E-state index is 12.6. The molecule has 0 saturated heterocycles. The fraction of sp³-hybridized carbons (Fsp3) is 0.350. The first-order valence-corrected chi connectivity index (χ1v) is 8.69. The molecule has 1 atom stereocenters. The maximum Gasteiger partial charge on any atom is 0.387 e. The van der Waals surface area contributed by atoms with Gasteiger partial charge in [-0.15, -0.1) is 0 Å². The average molecular weight is 377 g/mol. The highest BCUT2D eigenvalue weighted by atomic mass is 19.3. The molecule has 27 heavy (non-hydrogen) atoms. The molecule has 0 radical (unpaired) electrons. The smallest absolute Gasteiger partial charge is 0.387 e. The van der Waals surface area contributed by atoms with E-state index in [9.17, 15) is 13.6 Å². The number of carbonyl (C=O) groups is 1. The molecule has 5 nitrogen and oxygen atoms in total. The molecule has 1 heterocycles. The summed E-state index contributed by atoms with van der Waals surface area (Å²) < 4.78 is 40.3. The van der Waals surface area contributed by atoms with E-state index in [4.69, 9.17) is 9.47 Å². The second kappa shape index (κ2) is 8.24. The van der Waals surface area contributed by atoms with Gasteiger partial charge in [0, 0.05) is 5.56 Å². The van der Waals surface area contributed by atoms with Crippen LogP contribution in [0.1, 0.15) is 35.8 Å². The molecular formula is C20H21F2NO4. The molecule has 0 bridgehead atoms. The molecule has 1 amide bonds. The Labute approximate surface area is 156 Å². The van der Waals surface area contributed by atoms with E-state index in [1.807, 2.05) is 32.0 Å². The van der Waals surface area contributed by atoms with Crippen LogP contribution >= 0.6 is 0 Å². The molecule has 2 aromatic carbocycles. The van der Waals surface area contributed by atoms with Crippen molar-refractivity contribution >= 4 is 5.91 Å². The Kier molecular flexibility index (Phi) is 5.78. The topological polar surface area (TPSA) is 56.8 Å². The van der Waals surface area contributed by atoms with Crippen LogP contribution in [0.5, 0.6) is 17.2 Å². The van der Waals surface area contributed by atoms with Gasteiger partial charge in [-0.3, -0.25) is 4.79 Å². The minimum Gasteiger partial charge on any atom is -0.486 e. The van der Waals surface area contributed by atoms with Crippen molar-refractivity contribution < 1.29 is 27.8 Å². The molecule has 0 saturated carbocycles. The number of hydrogen-bond donors (Lipinski definition) is 1. The molecule has 144 valence electrons. The summed E-state index contributed by atoms with van der Waals surface area (Å²) in [5.41, 5.74) is 1.12. The molecule has 7 heteroatoms. The summed E-state index contributed by atoms with van der Waals surface area (Å²) in [5, 5.41) is 2.96. The Morgan fingerprint density at radius 3 is 2.52 bits per heavy atom. The maximum absolute atomic E-state index is 12.6. The molecule has 1 unspecified atom stereocenters. The van der Waals surface area contributed by atoms with Crippen LogP contribution in [-0.2, 0) is 0 Å². The highest BCUT2D eigenvalue weighted by molar-refractivity contribution is 5.94. The highest BCUT2D eigenvalue weighted by Crippen LogP contribution is 2.34. The van der Waals surface area contributed by atoms with Gasteiger partial charge >= 0.3 is 6.61 Å². The number of hydrogen-bond acceptors (Lipinski definition) is 4. The summed E-state index contributed by atoms with van der Waals surface area (Å²) >= 11 is 0. The summed E-state index contributed by atoms with van der Waals surface area (Å²) in [7, 11) is 0. The molecule has 0 aliphatic carbocycles. The first kappa shape index (κ1) is 18.9. The fourth-order valence-electron chi connectivity index (χ4n) is 2.93. The van der Waals surface area contributed by atoms with Gasteiger partial charge in [-0.05, 0) is 41.8 Å². The molecule has 0 spiro atoms. The number of carbonyl (C=O) groups excluding carboxylic acids is 1. The quantitative estimate of drug-likeness (QED) is 0.820. The first-order valence-electron chi connectivity index (χ1n) is 8.69. The van der Waals surface area contributed by atoms with Gasteiger partial charge in [-0.2, -0.15) is 8.78 Å². The predicted octanol–water partition coefficient (Wildman–Crippen LogP) is 4.19. The number of halogens is 2. The minimum absolute atomic E-state index is 0.0573. The van der Waals surface area contributed by atoms with E-state index in [1.165, 1.54) is 18.2 Å². The van der Waals surface area contributed by atoms with Crippen LogP contribution in [0.15, 0.2) is 42.5 Å². The molecule has 3 rings (SSSR count). The van der Waals surface area contributed by atoms with E-state index in [2.05, 4.69) is 10.1 Å². The first-order chi connectivity index (χ1) is 12.9. The monoisotopic (exact) mass is 377 g/mol. The molecule has 0 aromatic heterocycles. The number of alkyl halides is 2. The van der Waals surface area contributed by atoms with Gasteiger partial charge in [0.2, 0.25) is 0 Å². The van der Waals surface area contributed by atoms with Crippen LogP contribution in [0, 0.1) is 5.92 Å². The summed E-state index contributed by atoms with van der Waals surface area (Å²) in [6.07, 6.45) is 0. The van der Waals surface area contributed by atoms with Crippen molar-refractivity contribution in [3.05, 3.63) is 53.6 Å². The standard InChI is InChI=1S/C20H21F2NO4/c1-12(2)18(13-6-7-16-17(11-13)26-9-8-25-16)23-19(24)14-4-3-5-15(10-14)27-20(21)22/h3-7,10-12,18,20H,8-9H2,1-2H3,(H,23,24). The van der Waals surface area contributed by atoms with E-state index in [0.717, 1.165) is 5.56 Å². The van der Waals surface area contributed by atoms with E-state index < -0.39 is 6.61 Å². The Morgan fingerprint density at radius 1 is 1.07 bits per heavy atom. The van der Waals surface area contributed by atoms with Crippen LogP contribution in [0.3, 0.4) is 0 Å². The van der Waals surface area contributed by atoms with Crippen molar-refractivity contribution in [2.75, 3.05) is 13.2 Å². The zero-order valence-corrected chi connectivity index (χ0v) is 15.1. The zero-order chi connectivity index (χ0) is 19.4. The van der Waals surface area contributed by atoms with Crippen LogP contribution < -0.4 is 19.5 Å². The van der Waals surface area contributed by atoms with Crippen molar-refractivity contribution in [1.82, 2.24) is 5.32 Å². The second-order valence-corrected chi connectivity index (χ2v) is 6.50. The molecule has 1 aliphatic rings. The lowest BCUT2D eigenvalue weighted by molar-refractivity contribution is -0.0498. The number of benzene rings is 2. The highest BCUT2D eigenvalue weighted by Gasteiger charge is 2.22. The number of rotatable bonds is 6. The Hall–Kier alpha value is -2.83. The minimum atomic E-state index is -2.94. The number of amides is 1. The van der Waals surface area contributed by atoms with Crippen LogP contribution in [-0.4, -0.2) is 25.7 Å². The molecular weight excluding hydrogens is 356 g/mol. The molecule has 2 aromatic rings. The van der Waals surface area contributed by atoms with Gasteiger partial charge in [0.25, 0.3) is 5.91 Å². The third kappa shape index (κ3) is 4.67. The lowest BCUT2D eigenvalue weighted by Crippen LogP contribution is -2.32. The van der Waals surface area contributed by atoms with Crippen LogP contribution in [0.2, 0.25) is 0 Å². The Bertz CT molecular complexity index is 810. The van der Waals surface area contributed by atoms with Gasteiger partial charge in [-0.25, -0.2) is 0 Å². The van der Waals surface area contributed by atoms with Crippen LogP contribution in [0.4, 0.5) is 8.78 Å². The van der Waals surface area contributed by atoms with Crippen molar-refractivity contribution in [1.29, 1.82) is 0 Å². The number of fused-ring (bicyclic) bond motifs is 1.